The third-order valence-corrected chi connectivity index (χ3v) is 4.61. The van der Waals surface area contributed by atoms with E-state index in [2.05, 4.69) is 33.1 Å². The van der Waals surface area contributed by atoms with Crippen molar-refractivity contribution in [2.24, 2.45) is 0 Å². The van der Waals surface area contributed by atoms with Crippen LogP contribution in [-0.2, 0) is 11.3 Å². The zero-order valence-corrected chi connectivity index (χ0v) is 13.7. The van der Waals surface area contributed by atoms with Crippen LogP contribution in [0.3, 0.4) is 0 Å². The van der Waals surface area contributed by atoms with Gasteiger partial charge in [-0.15, -0.1) is 0 Å². The number of hydrogen-bond donors (Lipinski definition) is 1. The molecule has 5 nitrogen and oxygen atoms in total. The fourth-order valence-electron chi connectivity index (χ4n) is 3.37. The lowest BCUT2D eigenvalue weighted by Crippen LogP contribution is -2.25. The summed E-state index contributed by atoms with van der Waals surface area (Å²) in [7, 11) is 1.77. The molecule has 1 aromatic carbocycles. The van der Waals surface area contributed by atoms with E-state index < -0.39 is 0 Å². The van der Waals surface area contributed by atoms with Gasteiger partial charge in [-0.1, -0.05) is 30.3 Å². The molecule has 1 aliphatic rings. The minimum atomic E-state index is 0.226. The predicted octanol–water partition coefficient (Wildman–Crippen LogP) is 3.63. The van der Waals surface area contributed by atoms with Crippen molar-refractivity contribution < 1.29 is 9.15 Å². The number of nitrogens with one attached hydrogen (secondary N) is 1. The van der Waals surface area contributed by atoms with Gasteiger partial charge < -0.3 is 14.1 Å². The molecule has 3 aromatic rings. The minimum absolute atomic E-state index is 0.226. The maximum absolute atomic E-state index is 6.05. The number of nitrogens with zero attached hydrogens (tertiary/aromatic N) is 2. The van der Waals surface area contributed by atoms with Crippen LogP contribution in [0.25, 0.3) is 11.3 Å². The first-order valence-electron chi connectivity index (χ1n) is 8.24. The van der Waals surface area contributed by atoms with Crippen LogP contribution in [-0.4, -0.2) is 34.6 Å². The smallest absolute Gasteiger partial charge is 0.134 e. The van der Waals surface area contributed by atoms with Crippen molar-refractivity contribution >= 4 is 0 Å². The van der Waals surface area contributed by atoms with Crippen LogP contribution in [0, 0.1) is 0 Å². The topological polar surface area (TPSA) is 54.3 Å². The Morgan fingerprint density at radius 1 is 1.25 bits per heavy atom. The van der Waals surface area contributed by atoms with Gasteiger partial charge in [-0.2, -0.15) is 0 Å². The molecule has 4 rings (SSSR count). The normalized spacial score (nSPS) is 21.4. The van der Waals surface area contributed by atoms with Gasteiger partial charge in [0.25, 0.3) is 0 Å². The van der Waals surface area contributed by atoms with E-state index in [9.17, 15) is 0 Å². The summed E-state index contributed by atoms with van der Waals surface area (Å²) in [6, 6.07) is 14.5. The molecule has 1 saturated heterocycles. The number of aromatic amines is 1. The van der Waals surface area contributed by atoms with Crippen molar-refractivity contribution in [2.75, 3.05) is 13.7 Å². The lowest BCUT2D eigenvalue weighted by Gasteiger charge is -2.21. The monoisotopic (exact) mass is 323 g/mol. The highest BCUT2D eigenvalue weighted by Gasteiger charge is 2.35. The molecule has 124 valence electrons. The van der Waals surface area contributed by atoms with Gasteiger partial charge in [0.15, 0.2) is 0 Å². The van der Waals surface area contributed by atoms with E-state index in [4.69, 9.17) is 9.15 Å². The summed E-state index contributed by atoms with van der Waals surface area (Å²) in [5.74, 6) is 2.86. The number of imidazole rings is 1. The zero-order valence-electron chi connectivity index (χ0n) is 13.7. The Kier molecular flexibility index (Phi) is 4.19. The summed E-state index contributed by atoms with van der Waals surface area (Å²) in [6.45, 7) is 1.63. The quantitative estimate of drug-likeness (QED) is 0.779. The summed E-state index contributed by atoms with van der Waals surface area (Å²) in [5, 5.41) is 0. The lowest BCUT2D eigenvalue weighted by atomic mass is 10.2. The van der Waals surface area contributed by atoms with Crippen LogP contribution in [0.5, 0.6) is 0 Å². The average Bonchev–Trinajstić information content (AvgIpc) is 3.36. The zero-order chi connectivity index (χ0) is 16.4. The molecule has 0 aliphatic carbocycles. The van der Waals surface area contributed by atoms with Gasteiger partial charge in [0, 0.05) is 31.6 Å². The molecule has 0 saturated carbocycles. The van der Waals surface area contributed by atoms with Crippen LogP contribution >= 0.6 is 0 Å². The number of hydrogen-bond acceptors (Lipinski definition) is 4. The highest BCUT2D eigenvalue weighted by molar-refractivity contribution is 5.57. The third-order valence-electron chi connectivity index (χ3n) is 4.61. The summed E-state index contributed by atoms with van der Waals surface area (Å²) < 4.78 is 11.6. The van der Waals surface area contributed by atoms with Gasteiger partial charge >= 0.3 is 0 Å². The molecule has 2 unspecified atom stereocenters. The Morgan fingerprint density at radius 2 is 2.12 bits per heavy atom. The summed E-state index contributed by atoms with van der Waals surface area (Å²) in [6.07, 6.45) is 4.84. The van der Waals surface area contributed by atoms with Gasteiger partial charge in [0.05, 0.1) is 18.7 Å². The first-order chi connectivity index (χ1) is 11.8. The Labute approximate surface area is 141 Å². The van der Waals surface area contributed by atoms with Gasteiger partial charge in [0.1, 0.15) is 17.3 Å². The molecule has 1 N–H and O–H groups in total. The maximum atomic E-state index is 6.05. The van der Waals surface area contributed by atoms with E-state index in [1.807, 2.05) is 30.5 Å². The molecular formula is C19H21N3O2. The number of rotatable bonds is 5. The van der Waals surface area contributed by atoms with Crippen molar-refractivity contribution in [2.45, 2.75) is 25.1 Å². The number of benzene rings is 1. The van der Waals surface area contributed by atoms with E-state index in [-0.39, 0.29) is 12.1 Å². The van der Waals surface area contributed by atoms with Crippen LogP contribution in [0.1, 0.15) is 24.0 Å². The molecule has 0 amide bonds. The first kappa shape index (κ1) is 15.2. The lowest BCUT2D eigenvalue weighted by molar-refractivity contribution is 0.106. The fourth-order valence-corrected chi connectivity index (χ4v) is 3.37. The van der Waals surface area contributed by atoms with Crippen LogP contribution in [0.15, 0.2) is 59.3 Å². The largest absolute Gasteiger partial charge is 0.460 e. The van der Waals surface area contributed by atoms with Crippen LogP contribution in [0.2, 0.25) is 0 Å². The second kappa shape index (κ2) is 6.63. The molecule has 3 heterocycles. The minimum Gasteiger partial charge on any atom is -0.460 e. The molecule has 2 atom stereocenters. The fraction of sp³-hybridized carbons (Fsp3) is 0.316. The number of likely N-dealkylation sites (tertiary alicyclic amines) is 1. The Bertz CT molecular complexity index is 767. The third kappa shape index (κ3) is 3.00. The van der Waals surface area contributed by atoms with Gasteiger partial charge in [-0.3, -0.25) is 4.90 Å². The second-order valence-electron chi connectivity index (χ2n) is 6.15. The molecule has 2 aromatic heterocycles. The van der Waals surface area contributed by atoms with Crippen molar-refractivity contribution in [1.29, 1.82) is 0 Å². The Balaban J connectivity index is 1.52. The Morgan fingerprint density at radius 3 is 2.88 bits per heavy atom. The number of aromatic nitrogens is 2. The predicted molar refractivity (Wildman–Crippen MR) is 91.3 cm³/mol. The number of methoxy groups -OCH3 is 1. The van der Waals surface area contributed by atoms with Gasteiger partial charge in [0.2, 0.25) is 0 Å². The standard InChI is InChI=1S/C19H21N3O2/c1-23-16-11-17(19-20-9-10-21-19)22(13-16)12-15-7-8-18(24-15)14-5-3-2-4-6-14/h2-10,16-17H,11-13H2,1H3,(H,20,21). The van der Waals surface area contributed by atoms with E-state index in [1.54, 1.807) is 13.3 Å². The summed E-state index contributed by atoms with van der Waals surface area (Å²) in [5.41, 5.74) is 1.10. The van der Waals surface area contributed by atoms with E-state index >= 15 is 0 Å². The molecule has 0 bridgehead atoms. The molecule has 5 heteroatoms. The molecule has 0 spiro atoms. The number of H-pyrrole nitrogens is 1. The van der Waals surface area contributed by atoms with E-state index in [1.165, 1.54) is 0 Å². The van der Waals surface area contributed by atoms with Crippen molar-refractivity contribution in [1.82, 2.24) is 14.9 Å². The van der Waals surface area contributed by atoms with E-state index in [0.29, 0.717) is 0 Å². The van der Waals surface area contributed by atoms with E-state index in [0.717, 1.165) is 42.4 Å². The average molecular weight is 323 g/mol. The number of ether oxygens (including phenoxy) is 1. The molecule has 24 heavy (non-hydrogen) atoms. The maximum Gasteiger partial charge on any atom is 0.134 e. The SMILES string of the molecule is COC1CC(c2ncc[nH]2)N(Cc2ccc(-c3ccccc3)o2)C1. The highest BCUT2D eigenvalue weighted by Crippen LogP contribution is 2.33. The molecule has 1 fully saturated rings. The molecular weight excluding hydrogens is 302 g/mol. The van der Waals surface area contributed by atoms with Crippen LogP contribution < -0.4 is 0 Å². The van der Waals surface area contributed by atoms with Gasteiger partial charge in [-0.25, -0.2) is 4.98 Å². The highest BCUT2D eigenvalue weighted by atomic mass is 16.5. The van der Waals surface area contributed by atoms with Crippen molar-refractivity contribution in [3.05, 3.63) is 66.4 Å². The van der Waals surface area contributed by atoms with Crippen molar-refractivity contribution in [3.8, 4) is 11.3 Å². The van der Waals surface area contributed by atoms with Gasteiger partial charge in [-0.05, 0) is 18.6 Å². The van der Waals surface area contributed by atoms with Crippen molar-refractivity contribution in [3.63, 3.8) is 0 Å². The molecule has 1 aliphatic heterocycles. The number of furan rings is 1. The first-order valence-corrected chi connectivity index (χ1v) is 8.24. The Hall–Kier alpha value is -2.37. The second-order valence-corrected chi connectivity index (χ2v) is 6.15. The summed E-state index contributed by atoms with van der Waals surface area (Å²) >= 11 is 0. The molecule has 0 radical (unpaired) electrons. The summed E-state index contributed by atoms with van der Waals surface area (Å²) in [4.78, 5) is 10.0. The van der Waals surface area contributed by atoms with Crippen LogP contribution in [0.4, 0.5) is 0 Å².